The van der Waals surface area contributed by atoms with Gasteiger partial charge in [0.05, 0.1) is 13.2 Å². The van der Waals surface area contributed by atoms with Gasteiger partial charge in [-0.05, 0) is 18.8 Å². The molecule has 1 aliphatic heterocycles. The summed E-state index contributed by atoms with van der Waals surface area (Å²) in [6, 6.07) is 0. The molecule has 0 aromatic heterocycles. The Morgan fingerprint density at radius 2 is 2.08 bits per heavy atom. The van der Waals surface area contributed by atoms with Crippen molar-refractivity contribution in [1.29, 1.82) is 0 Å². The zero-order valence-corrected chi connectivity index (χ0v) is 7.16. The quantitative estimate of drug-likeness (QED) is 0.510. The van der Waals surface area contributed by atoms with E-state index < -0.39 is 0 Å². The van der Waals surface area contributed by atoms with E-state index in [1.165, 1.54) is 6.42 Å². The summed E-state index contributed by atoms with van der Waals surface area (Å²) in [5.41, 5.74) is 0. The number of allylic oxidation sites excluding steroid dienone is 2. The Bertz CT molecular complexity index is 216. The van der Waals surface area contributed by atoms with Crippen LogP contribution >= 0.6 is 0 Å². The van der Waals surface area contributed by atoms with Crippen LogP contribution in [0, 0.1) is 11.8 Å². The molecule has 2 aliphatic carbocycles. The maximum atomic E-state index is 5.75. The zero-order chi connectivity index (χ0) is 8.02. The fraction of sp³-hybridized carbons (Fsp3) is 0.800. The van der Waals surface area contributed by atoms with Gasteiger partial charge in [0.2, 0.25) is 0 Å². The second-order valence-corrected chi connectivity index (χ2v) is 4.07. The molecule has 0 N–H and O–H groups in total. The third kappa shape index (κ3) is 0.824. The van der Waals surface area contributed by atoms with Gasteiger partial charge in [-0.2, -0.15) is 0 Å². The van der Waals surface area contributed by atoms with Crippen molar-refractivity contribution in [3.05, 3.63) is 12.2 Å². The van der Waals surface area contributed by atoms with E-state index in [0.29, 0.717) is 5.92 Å². The third-order valence-corrected chi connectivity index (χ3v) is 3.36. The van der Waals surface area contributed by atoms with E-state index in [-0.39, 0.29) is 5.79 Å². The van der Waals surface area contributed by atoms with Crippen molar-refractivity contribution in [1.82, 2.24) is 0 Å². The van der Waals surface area contributed by atoms with Crippen LogP contribution in [0.5, 0.6) is 0 Å². The molecule has 3 rings (SSSR count). The molecule has 2 nitrogen and oxygen atoms in total. The summed E-state index contributed by atoms with van der Waals surface area (Å²) >= 11 is 0. The lowest BCUT2D eigenvalue weighted by Gasteiger charge is -2.28. The molecule has 0 aromatic rings. The summed E-state index contributed by atoms with van der Waals surface area (Å²) in [5, 5.41) is 0. The lowest BCUT2D eigenvalue weighted by molar-refractivity contribution is -0.180. The number of rotatable bonds is 0. The van der Waals surface area contributed by atoms with Crippen molar-refractivity contribution in [2.45, 2.75) is 25.0 Å². The Morgan fingerprint density at radius 3 is 2.83 bits per heavy atom. The lowest BCUT2D eigenvalue weighted by Crippen LogP contribution is -2.33. The van der Waals surface area contributed by atoms with Crippen LogP contribution < -0.4 is 0 Å². The standard InChI is InChI=1S/C10H14O2/c1-2-8-6-9(3-1)10(7-8)11-4-5-12-10/h1-2,8-9H,3-7H2. The highest BCUT2D eigenvalue weighted by Gasteiger charge is 2.51. The highest BCUT2D eigenvalue weighted by molar-refractivity contribution is 5.08. The zero-order valence-electron chi connectivity index (χ0n) is 7.16. The van der Waals surface area contributed by atoms with Crippen molar-refractivity contribution in [3.8, 4) is 0 Å². The molecule has 2 fully saturated rings. The first-order chi connectivity index (χ1) is 5.89. The van der Waals surface area contributed by atoms with Crippen molar-refractivity contribution in [2.75, 3.05) is 13.2 Å². The van der Waals surface area contributed by atoms with Gasteiger partial charge in [0, 0.05) is 12.3 Å². The van der Waals surface area contributed by atoms with Crippen molar-refractivity contribution in [3.63, 3.8) is 0 Å². The Hall–Kier alpha value is -0.340. The van der Waals surface area contributed by atoms with E-state index in [2.05, 4.69) is 12.2 Å². The maximum Gasteiger partial charge on any atom is 0.172 e. The van der Waals surface area contributed by atoms with Crippen LogP contribution in [0.15, 0.2) is 12.2 Å². The lowest BCUT2D eigenvalue weighted by atomic mass is 9.94. The van der Waals surface area contributed by atoms with Crippen molar-refractivity contribution < 1.29 is 9.47 Å². The molecule has 3 aliphatic rings. The predicted octanol–water partition coefficient (Wildman–Crippen LogP) is 1.72. The van der Waals surface area contributed by atoms with Crippen LogP contribution in [0.2, 0.25) is 0 Å². The molecule has 66 valence electrons. The number of hydrogen-bond acceptors (Lipinski definition) is 2. The van der Waals surface area contributed by atoms with Crippen LogP contribution in [0.25, 0.3) is 0 Å². The molecular formula is C10H14O2. The van der Waals surface area contributed by atoms with Crippen LogP contribution in [-0.2, 0) is 9.47 Å². The van der Waals surface area contributed by atoms with E-state index in [4.69, 9.17) is 9.47 Å². The molecule has 2 atom stereocenters. The van der Waals surface area contributed by atoms with E-state index in [1.54, 1.807) is 0 Å². The minimum atomic E-state index is -0.172. The molecule has 2 unspecified atom stereocenters. The van der Waals surface area contributed by atoms with E-state index in [1.807, 2.05) is 0 Å². The third-order valence-electron chi connectivity index (χ3n) is 3.36. The molecule has 1 saturated heterocycles. The van der Waals surface area contributed by atoms with E-state index in [0.717, 1.165) is 32.0 Å². The highest BCUT2D eigenvalue weighted by Crippen LogP contribution is 2.49. The van der Waals surface area contributed by atoms with Crippen LogP contribution in [0.3, 0.4) is 0 Å². The second-order valence-electron chi connectivity index (χ2n) is 4.07. The fourth-order valence-corrected chi connectivity index (χ4v) is 2.84. The summed E-state index contributed by atoms with van der Waals surface area (Å²) in [7, 11) is 0. The summed E-state index contributed by atoms with van der Waals surface area (Å²) in [5.74, 6) is 1.19. The molecule has 1 spiro atoms. The van der Waals surface area contributed by atoms with Gasteiger partial charge in [0.1, 0.15) is 0 Å². The highest BCUT2D eigenvalue weighted by atomic mass is 16.7. The minimum Gasteiger partial charge on any atom is -0.347 e. The first kappa shape index (κ1) is 7.10. The molecule has 0 aromatic carbocycles. The molecule has 1 saturated carbocycles. The summed E-state index contributed by atoms with van der Waals surface area (Å²) in [6.45, 7) is 1.59. The number of hydrogen-bond donors (Lipinski definition) is 0. The number of ether oxygens (including phenoxy) is 2. The average molecular weight is 166 g/mol. The first-order valence-corrected chi connectivity index (χ1v) is 4.84. The predicted molar refractivity (Wildman–Crippen MR) is 44.6 cm³/mol. The van der Waals surface area contributed by atoms with E-state index in [9.17, 15) is 0 Å². The van der Waals surface area contributed by atoms with Gasteiger partial charge >= 0.3 is 0 Å². The topological polar surface area (TPSA) is 18.5 Å². The first-order valence-electron chi connectivity index (χ1n) is 4.84. The smallest absolute Gasteiger partial charge is 0.172 e. The minimum absolute atomic E-state index is 0.172. The summed E-state index contributed by atoms with van der Waals surface area (Å²) < 4.78 is 11.5. The SMILES string of the molecule is C1=CC2CC(C1)C1(C2)OCCO1. The molecule has 1 heterocycles. The van der Waals surface area contributed by atoms with E-state index >= 15 is 0 Å². The average Bonchev–Trinajstić information content (AvgIpc) is 2.62. The molecule has 2 heteroatoms. The maximum absolute atomic E-state index is 5.75. The van der Waals surface area contributed by atoms with Crippen molar-refractivity contribution in [2.24, 2.45) is 11.8 Å². The largest absolute Gasteiger partial charge is 0.347 e. The molecule has 12 heavy (non-hydrogen) atoms. The molecule has 0 radical (unpaired) electrons. The van der Waals surface area contributed by atoms with Crippen LogP contribution in [0.4, 0.5) is 0 Å². The Labute approximate surface area is 72.5 Å². The summed E-state index contributed by atoms with van der Waals surface area (Å²) in [4.78, 5) is 0. The number of fused-ring (bicyclic) bond motifs is 3. The van der Waals surface area contributed by atoms with Crippen LogP contribution in [-0.4, -0.2) is 19.0 Å². The normalized spacial score (nSPS) is 42.7. The Balaban J connectivity index is 1.90. The van der Waals surface area contributed by atoms with Gasteiger partial charge in [0.15, 0.2) is 5.79 Å². The van der Waals surface area contributed by atoms with Crippen molar-refractivity contribution >= 4 is 0 Å². The van der Waals surface area contributed by atoms with Crippen LogP contribution in [0.1, 0.15) is 19.3 Å². The van der Waals surface area contributed by atoms with Gasteiger partial charge in [-0.3, -0.25) is 0 Å². The van der Waals surface area contributed by atoms with Gasteiger partial charge in [-0.1, -0.05) is 12.2 Å². The summed E-state index contributed by atoms with van der Waals surface area (Å²) in [6.07, 6.45) is 8.14. The monoisotopic (exact) mass is 166 g/mol. The molecule has 0 amide bonds. The molecule has 2 bridgehead atoms. The fourth-order valence-electron chi connectivity index (χ4n) is 2.84. The van der Waals surface area contributed by atoms with Gasteiger partial charge in [0.25, 0.3) is 0 Å². The van der Waals surface area contributed by atoms with Gasteiger partial charge < -0.3 is 9.47 Å². The Morgan fingerprint density at radius 1 is 1.25 bits per heavy atom. The molecular weight excluding hydrogens is 152 g/mol. The van der Waals surface area contributed by atoms with Gasteiger partial charge in [-0.15, -0.1) is 0 Å². The Kier molecular flexibility index (Phi) is 1.38. The second kappa shape index (κ2) is 2.33. The van der Waals surface area contributed by atoms with Gasteiger partial charge in [-0.25, -0.2) is 0 Å².